The first-order valence-electron chi connectivity index (χ1n) is 10.7. The van der Waals surface area contributed by atoms with Crippen LogP contribution in [0.2, 0.25) is 0 Å². The molecule has 1 saturated heterocycles. The van der Waals surface area contributed by atoms with Crippen LogP contribution in [0.15, 0.2) is 66.0 Å². The number of carbonyl (C=O) groups excluding carboxylic acids is 3. The summed E-state index contributed by atoms with van der Waals surface area (Å²) in [5.41, 5.74) is 1.61. The number of hydrogen-bond donors (Lipinski definition) is 1. The van der Waals surface area contributed by atoms with Crippen LogP contribution in [0.4, 0.5) is 4.79 Å². The van der Waals surface area contributed by atoms with E-state index in [1.54, 1.807) is 12.1 Å². The molecule has 3 amide bonds. The Hall–Kier alpha value is -3.09. The van der Waals surface area contributed by atoms with E-state index in [-0.39, 0.29) is 30.4 Å². The number of amides is 3. The first-order chi connectivity index (χ1) is 17.7. The van der Waals surface area contributed by atoms with Gasteiger partial charge >= 0.3 is 12.0 Å². The van der Waals surface area contributed by atoms with E-state index in [0.29, 0.717) is 21.5 Å². The number of furan rings is 1. The number of hydrogen-bond acceptors (Lipinski definition) is 7. The number of halogens is 3. The highest BCUT2D eigenvalue weighted by Crippen LogP contribution is 2.38. The number of imide groups is 1. The Morgan fingerprint density at radius 2 is 1.84 bits per heavy atom. The molecule has 37 heavy (non-hydrogen) atoms. The van der Waals surface area contributed by atoms with Crippen LogP contribution in [-0.4, -0.2) is 37.0 Å². The number of methoxy groups -OCH3 is 2. The number of esters is 1. The van der Waals surface area contributed by atoms with Crippen molar-refractivity contribution in [2.75, 3.05) is 14.2 Å². The molecule has 0 atom stereocenters. The number of benzene rings is 2. The number of rotatable bonds is 8. The minimum absolute atomic E-state index is 0.0212. The zero-order chi connectivity index (χ0) is 26.7. The Morgan fingerprint density at radius 1 is 1.05 bits per heavy atom. The van der Waals surface area contributed by atoms with E-state index in [0.717, 1.165) is 19.4 Å². The molecular weight excluding hydrogens is 680 g/mol. The predicted octanol–water partition coefficient (Wildman–Crippen LogP) is 6.03. The number of ether oxygens (including phenoxy) is 3. The maximum Gasteiger partial charge on any atom is 0.373 e. The monoisotopic (exact) mass is 696 g/mol. The van der Waals surface area contributed by atoms with E-state index >= 15 is 0 Å². The zero-order valence-electron chi connectivity index (χ0n) is 19.5. The average Bonchev–Trinajstić information content (AvgIpc) is 3.44. The normalized spacial score (nSPS) is 14.2. The van der Waals surface area contributed by atoms with Crippen LogP contribution in [0.25, 0.3) is 6.08 Å². The highest BCUT2D eigenvalue weighted by Gasteiger charge is 2.34. The van der Waals surface area contributed by atoms with Crippen molar-refractivity contribution in [3.05, 3.63) is 84.2 Å². The summed E-state index contributed by atoms with van der Waals surface area (Å²) in [7, 11) is 2.74. The summed E-state index contributed by atoms with van der Waals surface area (Å²) in [4.78, 5) is 37.9. The molecule has 3 aromatic rings. The molecule has 0 saturated carbocycles. The third-order valence-electron chi connectivity index (χ3n) is 5.27. The summed E-state index contributed by atoms with van der Waals surface area (Å²) < 4.78 is 23.9. The summed E-state index contributed by atoms with van der Waals surface area (Å²) in [6.07, 6.45) is 1.53. The van der Waals surface area contributed by atoms with E-state index in [1.807, 2.05) is 18.2 Å². The molecule has 4 rings (SSSR count). The van der Waals surface area contributed by atoms with Gasteiger partial charge in [-0.3, -0.25) is 9.69 Å². The molecule has 0 radical (unpaired) electrons. The molecule has 0 bridgehead atoms. The highest BCUT2D eigenvalue weighted by atomic mass is 79.9. The molecule has 1 aliphatic heterocycles. The molecular formula is C25H19Br3N2O7. The van der Waals surface area contributed by atoms with Crippen LogP contribution < -0.4 is 14.8 Å². The summed E-state index contributed by atoms with van der Waals surface area (Å²) in [5, 5.41) is 2.56. The lowest BCUT2D eigenvalue weighted by atomic mass is 10.1. The van der Waals surface area contributed by atoms with Gasteiger partial charge in [-0.05, 0) is 64.0 Å². The second-order valence-electron chi connectivity index (χ2n) is 7.70. The van der Waals surface area contributed by atoms with Crippen molar-refractivity contribution < 1.29 is 33.0 Å². The molecule has 9 nitrogen and oxygen atoms in total. The Kier molecular flexibility index (Phi) is 8.40. The van der Waals surface area contributed by atoms with Crippen molar-refractivity contribution >= 4 is 71.8 Å². The van der Waals surface area contributed by atoms with Gasteiger partial charge in [0.25, 0.3) is 5.91 Å². The lowest BCUT2D eigenvalue weighted by Gasteiger charge is -2.14. The topological polar surface area (TPSA) is 107 Å². The Balaban J connectivity index is 1.51. The number of carbonyl (C=O) groups is 3. The van der Waals surface area contributed by atoms with Gasteiger partial charge in [0.05, 0.1) is 25.2 Å². The van der Waals surface area contributed by atoms with Crippen LogP contribution >= 0.6 is 47.8 Å². The molecule has 1 fully saturated rings. The third kappa shape index (κ3) is 6.08. The number of urea groups is 1. The maximum absolute atomic E-state index is 12.9. The molecule has 2 aromatic carbocycles. The van der Waals surface area contributed by atoms with Crippen molar-refractivity contribution in [3.8, 4) is 11.5 Å². The van der Waals surface area contributed by atoms with Crippen molar-refractivity contribution in [3.63, 3.8) is 0 Å². The fraction of sp³-hybridized carbons (Fsp3) is 0.160. The third-order valence-corrected chi connectivity index (χ3v) is 7.09. The van der Waals surface area contributed by atoms with E-state index in [2.05, 4.69) is 57.8 Å². The lowest BCUT2D eigenvalue weighted by molar-refractivity contribution is -0.123. The lowest BCUT2D eigenvalue weighted by Crippen LogP contribution is -2.30. The van der Waals surface area contributed by atoms with Crippen molar-refractivity contribution in [1.82, 2.24) is 10.2 Å². The summed E-state index contributed by atoms with van der Waals surface area (Å²) >= 11 is 10.5. The van der Waals surface area contributed by atoms with Gasteiger partial charge in [0, 0.05) is 14.5 Å². The second kappa shape index (κ2) is 11.5. The van der Waals surface area contributed by atoms with E-state index in [4.69, 9.17) is 13.9 Å². The van der Waals surface area contributed by atoms with Gasteiger partial charge in [-0.25, -0.2) is 9.59 Å². The van der Waals surface area contributed by atoms with Gasteiger partial charge in [0.1, 0.15) is 18.1 Å². The van der Waals surface area contributed by atoms with Gasteiger partial charge in [0.2, 0.25) is 5.76 Å². The van der Waals surface area contributed by atoms with Gasteiger partial charge in [0.15, 0.2) is 11.5 Å². The fourth-order valence-electron chi connectivity index (χ4n) is 3.46. The number of nitrogens with one attached hydrogen (secondary N) is 1. The first-order valence-corrected chi connectivity index (χ1v) is 13.0. The smallest absolute Gasteiger partial charge is 0.373 e. The van der Waals surface area contributed by atoms with Crippen molar-refractivity contribution in [2.45, 2.75) is 13.2 Å². The first kappa shape index (κ1) is 27.0. The Labute approximate surface area is 237 Å². The van der Waals surface area contributed by atoms with E-state index < -0.39 is 17.9 Å². The van der Waals surface area contributed by atoms with Crippen molar-refractivity contribution in [1.29, 1.82) is 0 Å². The van der Waals surface area contributed by atoms with Gasteiger partial charge in [-0.1, -0.05) is 37.9 Å². The molecule has 192 valence electrons. The fourth-order valence-corrected chi connectivity index (χ4v) is 5.20. The van der Waals surface area contributed by atoms with Gasteiger partial charge < -0.3 is 23.9 Å². The number of nitrogens with zero attached hydrogens (tertiary/aromatic N) is 1. The SMILES string of the molecule is COC(=O)c1ccc(CN2C(=O)N/C(=C\c3cc(Br)c(OCc4ccc(Br)cc4Br)c(OC)c3)C2=O)o1. The summed E-state index contributed by atoms with van der Waals surface area (Å²) in [5.74, 6) is -0.0337. The minimum atomic E-state index is -0.652. The molecule has 1 aliphatic rings. The Bertz CT molecular complexity index is 1420. The van der Waals surface area contributed by atoms with E-state index in [1.165, 1.54) is 32.4 Å². The molecule has 0 spiro atoms. The molecule has 2 heterocycles. The van der Waals surface area contributed by atoms with Crippen LogP contribution in [0.1, 0.15) is 27.4 Å². The summed E-state index contributed by atoms with van der Waals surface area (Å²) in [6, 6.07) is 11.5. The summed E-state index contributed by atoms with van der Waals surface area (Å²) in [6.45, 7) is 0.141. The average molecular weight is 699 g/mol. The molecule has 12 heteroatoms. The van der Waals surface area contributed by atoms with Gasteiger partial charge in [-0.2, -0.15) is 0 Å². The quantitative estimate of drug-likeness (QED) is 0.174. The van der Waals surface area contributed by atoms with Crippen LogP contribution in [0, 0.1) is 0 Å². The highest BCUT2D eigenvalue weighted by molar-refractivity contribution is 9.11. The standard InChI is InChI=1S/C25H19Br3N2O7/c1-34-21-9-13(7-18(28)22(21)36-12-14-3-4-15(26)10-17(14)27)8-19-23(31)30(25(33)29-19)11-16-5-6-20(37-16)24(32)35-2/h3-10H,11-12H2,1-2H3,(H,29,33)/b19-8-. The van der Waals surface area contributed by atoms with Gasteiger partial charge in [-0.15, -0.1) is 0 Å². The molecule has 1 N–H and O–H groups in total. The zero-order valence-corrected chi connectivity index (χ0v) is 24.2. The molecule has 0 aliphatic carbocycles. The van der Waals surface area contributed by atoms with Crippen LogP contribution in [-0.2, 0) is 22.7 Å². The van der Waals surface area contributed by atoms with Crippen molar-refractivity contribution in [2.24, 2.45) is 0 Å². The Morgan fingerprint density at radius 3 is 2.54 bits per heavy atom. The molecule has 1 aromatic heterocycles. The van der Waals surface area contributed by atoms with Crippen LogP contribution in [0.5, 0.6) is 11.5 Å². The largest absolute Gasteiger partial charge is 0.493 e. The van der Waals surface area contributed by atoms with Crippen LogP contribution in [0.3, 0.4) is 0 Å². The molecule has 0 unspecified atom stereocenters. The maximum atomic E-state index is 12.9. The second-order valence-corrected chi connectivity index (χ2v) is 10.3. The predicted molar refractivity (Wildman–Crippen MR) is 144 cm³/mol. The van der Waals surface area contributed by atoms with E-state index in [9.17, 15) is 14.4 Å². The minimum Gasteiger partial charge on any atom is -0.493 e.